The van der Waals surface area contributed by atoms with Crippen LogP contribution in [0.15, 0.2) is 79.0 Å². The van der Waals surface area contributed by atoms with Gasteiger partial charge in [-0.3, -0.25) is 14.4 Å². The number of methoxy groups -OCH3 is 1. The number of ether oxygens (including phenoxy) is 2. The number of hydrogen-bond donors (Lipinski definition) is 4. The van der Waals surface area contributed by atoms with Crippen LogP contribution in [0.4, 0.5) is 4.79 Å². The Hall–Kier alpha value is -6.70. The summed E-state index contributed by atoms with van der Waals surface area (Å²) in [4.78, 5) is 73.6. The third-order valence-corrected chi connectivity index (χ3v) is 13.0. The summed E-state index contributed by atoms with van der Waals surface area (Å²) in [5.41, 5.74) is 7.43. The van der Waals surface area contributed by atoms with Gasteiger partial charge in [-0.05, 0) is 96.3 Å². The molecule has 4 aliphatic rings. The van der Waals surface area contributed by atoms with Gasteiger partial charge in [-0.2, -0.15) is 0 Å². The average Bonchev–Trinajstić information content (AvgIpc) is 3.70. The zero-order valence-electron chi connectivity index (χ0n) is 35.1. The van der Waals surface area contributed by atoms with Crippen LogP contribution in [0.1, 0.15) is 93.3 Å². The van der Waals surface area contributed by atoms with Crippen LogP contribution in [0.2, 0.25) is 0 Å². The van der Waals surface area contributed by atoms with E-state index >= 15 is 0 Å². The molecule has 4 aromatic carbocycles. The van der Waals surface area contributed by atoms with E-state index in [0.717, 1.165) is 105 Å². The van der Waals surface area contributed by atoms with Crippen molar-refractivity contribution in [2.45, 2.75) is 83.1 Å². The van der Waals surface area contributed by atoms with Crippen molar-refractivity contribution in [3.63, 3.8) is 0 Å². The van der Waals surface area contributed by atoms with Gasteiger partial charge in [0, 0.05) is 30.0 Å². The fraction of sp³-hybridized carbons (Fsp3) is 0.375. The molecule has 318 valence electrons. The number of H-pyrrole nitrogens is 2. The van der Waals surface area contributed by atoms with E-state index in [1.54, 1.807) is 0 Å². The van der Waals surface area contributed by atoms with E-state index in [4.69, 9.17) is 19.4 Å². The van der Waals surface area contributed by atoms with E-state index in [1.807, 2.05) is 66.2 Å². The SMILES string of the molecule is COC(=O)N[C@H](C(=O)N1CCC[C@H]1c1ncc(-c2ccc3c(c2)COc2cc4c(ccc5[nH]c([C@@H]6CCCN6C(=O)[C@H](NC(=O)C6CC6)c6ccccc6)nc54)cc2-3)[nH]1)C(C)C. The maximum atomic E-state index is 14.3. The van der Waals surface area contributed by atoms with Gasteiger partial charge in [0.1, 0.15) is 36.1 Å². The van der Waals surface area contributed by atoms with Gasteiger partial charge in [-0.1, -0.05) is 62.4 Å². The van der Waals surface area contributed by atoms with Gasteiger partial charge in [0.05, 0.1) is 42.1 Å². The molecule has 4 atom stereocenters. The quantitative estimate of drug-likeness (QED) is 0.109. The minimum absolute atomic E-state index is 0.0122. The number of nitrogens with one attached hydrogen (secondary N) is 4. The molecular weight excluding hydrogens is 785 g/mol. The summed E-state index contributed by atoms with van der Waals surface area (Å²) in [7, 11) is 1.29. The molecular formula is C48H50N8O6. The molecule has 14 heteroatoms. The molecule has 3 aliphatic heterocycles. The van der Waals surface area contributed by atoms with Gasteiger partial charge >= 0.3 is 6.09 Å². The second-order valence-corrected chi connectivity index (χ2v) is 17.4. The Kier molecular flexibility index (Phi) is 10.2. The predicted octanol–water partition coefficient (Wildman–Crippen LogP) is 7.64. The van der Waals surface area contributed by atoms with Crippen LogP contribution >= 0.6 is 0 Å². The van der Waals surface area contributed by atoms with Crippen LogP contribution in [-0.2, 0) is 25.7 Å². The molecule has 0 unspecified atom stereocenters. The highest BCUT2D eigenvalue weighted by Gasteiger charge is 2.40. The van der Waals surface area contributed by atoms with Crippen molar-refractivity contribution in [3.8, 4) is 28.1 Å². The molecule has 10 rings (SSSR count). The van der Waals surface area contributed by atoms with Gasteiger partial charge in [0.25, 0.3) is 0 Å². The van der Waals surface area contributed by atoms with Crippen LogP contribution < -0.4 is 15.4 Å². The number of carbonyl (C=O) groups is 4. The van der Waals surface area contributed by atoms with Gasteiger partial charge in [0.2, 0.25) is 17.7 Å². The van der Waals surface area contributed by atoms with Gasteiger partial charge in [-0.25, -0.2) is 14.8 Å². The van der Waals surface area contributed by atoms with Crippen molar-refractivity contribution < 1.29 is 28.7 Å². The molecule has 14 nitrogen and oxygen atoms in total. The topological polar surface area (TPSA) is 175 Å². The summed E-state index contributed by atoms with van der Waals surface area (Å²) in [6, 6.07) is 22.3. The standard InChI is InChI=1S/C48H50N8O6/c1-26(2)40(54-48(60)61-3)46(58)55-19-7-11-37(55)43-49-24-36(51-43)30-15-17-32-31(21-30)25-62-39-23-33-29(22-34(32)39)16-18-35-42(33)52-44(50-35)38-12-8-20-56(38)47(59)41(27-9-5-4-6-10-27)53-45(57)28-13-14-28/h4-6,9-10,15-18,21-24,26,28,37-38,40-41H,7-8,11-14,19-20,25H2,1-3H3,(H,49,51)(H,50,52)(H,53,57)(H,54,60)/t37-,38-,40-,41+/m0/s1. The zero-order valence-corrected chi connectivity index (χ0v) is 35.1. The smallest absolute Gasteiger partial charge is 0.407 e. The van der Waals surface area contributed by atoms with Crippen molar-refractivity contribution in [2.24, 2.45) is 11.8 Å². The first-order valence-corrected chi connectivity index (χ1v) is 21.7. The highest BCUT2D eigenvalue weighted by atomic mass is 16.5. The number of imidazole rings is 2. The number of aromatic nitrogens is 4. The average molecular weight is 835 g/mol. The maximum absolute atomic E-state index is 14.3. The number of aromatic amines is 2. The number of alkyl carbamates (subject to hydrolysis) is 1. The molecule has 62 heavy (non-hydrogen) atoms. The lowest BCUT2D eigenvalue weighted by atomic mass is 9.92. The molecule has 1 saturated carbocycles. The Balaban J connectivity index is 0.892. The second-order valence-electron chi connectivity index (χ2n) is 17.4. The van der Waals surface area contributed by atoms with Crippen molar-refractivity contribution in [2.75, 3.05) is 20.2 Å². The molecule has 2 aromatic heterocycles. The first-order valence-electron chi connectivity index (χ1n) is 21.7. The minimum atomic E-state index is -0.753. The summed E-state index contributed by atoms with van der Waals surface area (Å²) in [5, 5.41) is 7.76. The number of rotatable bonds is 10. The number of benzene rings is 4. The van der Waals surface area contributed by atoms with Crippen LogP contribution in [0.5, 0.6) is 5.75 Å². The van der Waals surface area contributed by atoms with Crippen molar-refractivity contribution in [3.05, 3.63) is 102 Å². The van der Waals surface area contributed by atoms with Crippen LogP contribution in [0, 0.1) is 11.8 Å². The first kappa shape index (κ1) is 39.4. The number of hydrogen-bond acceptors (Lipinski definition) is 8. The van der Waals surface area contributed by atoms with Crippen LogP contribution in [0.3, 0.4) is 0 Å². The number of amides is 4. The Morgan fingerprint density at radius 1 is 0.823 bits per heavy atom. The number of likely N-dealkylation sites (tertiary alicyclic amines) is 2. The second kappa shape index (κ2) is 16.0. The summed E-state index contributed by atoms with van der Waals surface area (Å²) < 4.78 is 11.2. The lowest BCUT2D eigenvalue weighted by Crippen LogP contribution is -2.51. The molecule has 1 aliphatic carbocycles. The Morgan fingerprint density at radius 2 is 1.58 bits per heavy atom. The number of nitrogens with zero attached hydrogens (tertiary/aromatic N) is 4. The van der Waals surface area contributed by atoms with Gasteiger partial charge < -0.3 is 39.9 Å². The molecule has 4 N–H and O–H groups in total. The third-order valence-electron chi connectivity index (χ3n) is 13.0. The monoisotopic (exact) mass is 834 g/mol. The fourth-order valence-electron chi connectivity index (χ4n) is 9.50. The van der Waals surface area contributed by atoms with Crippen molar-refractivity contribution in [1.82, 2.24) is 40.4 Å². The molecule has 4 amide bonds. The van der Waals surface area contributed by atoms with Crippen LogP contribution in [-0.4, -0.2) is 79.8 Å². The van der Waals surface area contributed by atoms with Crippen molar-refractivity contribution >= 4 is 45.6 Å². The Bertz CT molecular complexity index is 2720. The third kappa shape index (κ3) is 7.20. The molecule has 3 fully saturated rings. The molecule has 5 heterocycles. The van der Waals surface area contributed by atoms with Crippen LogP contribution in [0.25, 0.3) is 44.2 Å². The van der Waals surface area contributed by atoms with E-state index < -0.39 is 18.2 Å². The molecule has 6 aromatic rings. The Labute approximate surface area is 358 Å². The molecule has 0 bridgehead atoms. The molecule has 0 spiro atoms. The summed E-state index contributed by atoms with van der Waals surface area (Å²) in [6.07, 6.45) is 6.13. The minimum Gasteiger partial charge on any atom is -0.488 e. The summed E-state index contributed by atoms with van der Waals surface area (Å²) in [5.74, 6) is 1.78. The van der Waals surface area contributed by atoms with E-state index in [9.17, 15) is 19.2 Å². The van der Waals surface area contributed by atoms with E-state index in [0.29, 0.717) is 25.5 Å². The molecule has 0 radical (unpaired) electrons. The van der Waals surface area contributed by atoms with E-state index in [-0.39, 0.29) is 41.6 Å². The Morgan fingerprint density at radius 3 is 2.32 bits per heavy atom. The summed E-state index contributed by atoms with van der Waals surface area (Å²) >= 11 is 0. The maximum Gasteiger partial charge on any atom is 0.407 e. The first-order chi connectivity index (χ1) is 30.1. The fourth-order valence-corrected chi connectivity index (χ4v) is 9.50. The van der Waals surface area contributed by atoms with E-state index in [1.165, 1.54) is 7.11 Å². The van der Waals surface area contributed by atoms with E-state index in [2.05, 4.69) is 57.0 Å². The summed E-state index contributed by atoms with van der Waals surface area (Å²) in [6.45, 7) is 5.37. The lowest BCUT2D eigenvalue weighted by molar-refractivity contribution is -0.138. The molecule has 2 saturated heterocycles. The number of fused-ring (bicyclic) bond motifs is 6. The number of carbonyl (C=O) groups excluding carboxylic acids is 4. The van der Waals surface area contributed by atoms with Gasteiger partial charge in [0.15, 0.2) is 0 Å². The normalized spacial score (nSPS) is 19.2. The zero-order chi connectivity index (χ0) is 42.6. The van der Waals surface area contributed by atoms with Gasteiger partial charge in [-0.15, -0.1) is 0 Å². The largest absolute Gasteiger partial charge is 0.488 e. The highest BCUT2D eigenvalue weighted by Crippen LogP contribution is 2.44. The van der Waals surface area contributed by atoms with Crippen molar-refractivity contribution in [1.29, 1.82) is 0 Å². The predicted molar refractivity (Wildman–Crippen MR) is 233 cm³/mol. The highest BCUT2D eigenvalue weighted by molar-refractivity contribution is 6.07. The lowest BCUT2D eigenvalue weighted by Gasteiger charge is -2.30.